The molecule has 0 amide bonds. The molecule has 0 spiro atoms. The summed E-state index contributed by atoms with van der Waals surface area (Å²) in [5.74, 6) is 2.83. The fraction of sp³-hybridized carbons (Fsp3) is 0.481. The van der Waals surface area contributed by atoms with Crippen LogP contribution in [0.25, 0.3) is 11.3 Å². The number of ether oxygens (including phenoxy) is 2. The van der Waals surface area contributed by atoms with Crippen LogP contribution in [-0.4, -0.2) is 42.2 Å². The van der Waals surface area contributed by atoms with Gasteiger partial charge in [0.2, 0.25) is 5.90 Å². The first kappa shape index (κ1) is 21.2. The molecule has 2 aromatic rings. The largest absolute Gasteiger partial charge is 0.497 e. The summed E-state index contributed by atoms with van der Waals surface area (Å²) in [6.07, 6.45) is 7.26. The van der Waals surface area contributed by atoms with Gasteiger partial charge in [0.1, 0.15) is 11.9 Å². The lowest BCUT2D eigenvalue weighted by molar-refractivity contribution is 0.158. The molecular formula is C27H31N5O3. The van der Waals surface area contributed by atoms with Crippen LogP contribution in [0.3, 0.4) is 0 Å². The van der Waals surface area contributed by atoms with E-state index in [1.54, 1.807) is 7.11 Å². The van der Waals surface area contributed by atoms with Crippen LogP contribution in [0, 0.1) is 17.8 Å². The lowest BCUT2D eigenvalue weighted by Crippen LogP contribution is -2.28. The van der Waals surface area contributed by atoms with Crippen molar-refractivity contribution in [1.29, 1.82) is 0 Å². The Bertz CT molecular complexity index is 1280. The number of fused-ring (bicyclic) bond motifs is 6. The highest BCUT2D eigenvalue weighted by atomic mass is 16.7. The summed E-state index contributed by atoms with van der Waals surface area (Å²) in [6.45, 7) is 6.82. The highest BCUT2D eigenvalue weighted by molar-refractivity contribution is 6.00. The summed E-state index contributed by atoms with van der Waals surface area (Å²) in [4.78, 5) is 13.3. The zero-order valence-corrected chi connectivity index (χ0v) is 20.5. The third-order valence-electron chi connectivity index (χ3n) is 7.81. The summed E-state index contributed by atoms with van der Waals surface area (Å²) >= 11 is 0. The van der Waals surface area contributed by atoms with Gasteiger partial charge in [-0.05, 0) is 42.5 Å². The van der Waals surface area contributed by atoms with Crippen LogP contribution < -0.4 is 15.1 Å². The van der Waals surface area contributed by atoms with Crippen molar-refractivity contribution >= 4 is 11.6 Å². The van der Waals surface area contributed by atoms with Crippen LogP contribution >= 0.6 is 0 Å². The number of aliphatic imine (C=N–C) groups is 1. The summed E-state index contributed by atoms with van der Waals surface area (Å²) in [6, 6.07) is 6.37. The third kappa shape index (κ3) is 3.42. The van der Waals surface area contributed by atoms with Gasteiger partial charge in [-0.15, -0.1) is 5.48 Å². The Hall–Kier alpha value is -3.10. The number of hydrogen-bond donors (Lipinski definition) is 1. The van der Waals surface area contributed by atoms with E-state index in [1.807, 2.05) is 12.3 Å². The van der Waals surface area contributed by atoms with Crippen molar-refractivity contribution in [1.82, 2.24) is 15.3 Å². The van der Waals surface area contributed by atoms with Gasteiger partial charge >= 0.3 is 0 Å². The molecule has 35 heavy (non-hydrogen) atoms. The number of nitrogens with one attached hydrogen (secondary N) is 1. The molecular weight excluding hydrogens is 442 g/mol. The van der Waals surface area contributed by atoms with Crippen molar-refractivity contribution in [2.24, 2.45) is 22.7 Å². The van der Waals surface area contributed by atoms with Crippen molar-refractivity contribution in [2.45, 2.75) is 45.8 Å². The third-order valence-corrected chi connectivity index (χ3v) is 7.81. The van der Waals surface area contributed by atoms with E-state index in [1.165, 1.54) is 28.1 Å². The minimum atomic E-state index is -0.0195. The molecule has 8 heteroatoms. The highest BCUT2D eigenvalue weighted by Gasteiger charge is 2.46. The predicted octanol–water partition coefficient (Wildman–Crippen LogP) is 4.04. The first-order valence-corrected chi connectivity index (χ1v) is 12.6. The molecule has 2 fully saturated rings. The first-order valence-electron chi connectivity index (χ1n) is 12.6. The Morgan fingerprint density at radius 2 is 2.20 bits per heavy atom. The van der Waals surface area contributed by atoms with Crippen LogP contribution in [0.2, 0.25) is 0 Å². The van der Waals surface area contributed by atoms with Crippen molar-refractivity contribution in [3.8, 4) is 17.0 Å². The second-order valence-electron chi connectivity index (χ2n) is 10.5. The Kier molecular flexibility index (Phi) is 4.82. The number of nitrogens with zero attached hydrogens (tertiary/aromatic N) is 4. The zero-order chi connectivity index (χ0) is 23.7. The van der Waals surface area contributed by atoms with Gasteiger partial charge in [-0.2, -0.15) is 5.10 Å². The minimum Gasteiger partial charge on any atom is -0.497 e. The topological polar surface area (TPSA) is 73.1 Å². The molecule has 182 valence electrons. The Morgan fingerprint density at radius 1 is 1.29 bits per heavy atom. The van der Waals surface area contributed by atoms with Gasteiger partial charge in [0, 0.05) is 60.0 Å². The molecule has 4 aliphatic heterocycles. The van der Waals surface area contributed by atoms with Crippen LogP contribution in [0.4, 0.5) is 5.69 Å². The molecule has 5 aliphatic rings. The van der Waals surface area contributed by atoms with Crippen LogP contribution in [0.1, 0.15) is 32.3 Å². The number of rotatable bonds is 5. The van der Waals surface area contributed by atoms with Crippen LogP contribution in [0.15, 0.2) is 52.4 Å². The quantitative estimate of drug-likeness (QED) is 0.707. The molecule has 0 bridgehead atoms. The molecule has 5 heterocycles. The Labute approximate surface area is 205 Å². The second-order valence-corrected chi connectivity index (χ2v) is 10.5. The maximum atomic E-state index is 5.99. The maximum Gasteiger partial charge on any atom is 0.240 e. The molecule has 3 atom stereocenters. The molecule has 3 unspecified atom stereocenters. The van der Waals surface area contributed by atoms with Gasteiger partial charge in [-0.25, -0.2) is 4.99 Å². The molecule has 7 rings (SSSR count). The fourth-order valence-electron chi connectivity index (χ4n) is 5.75. The summed E-state index contributed by atoms with van der Waals surface area (Å²) < 4.78 is 13.5. The van der Waals surface area contributed by atoms with Gasteiger partial charge in [0.15, 0.2) is 0 Å². The van der Waals surface area contributed by atoms with Gasteiger partial charge in [-0.3, -0.25) is 4.68 Å². The van der Waals surface area contributed by atoms with Gasteiger partial charge in [0.25, 0.3) is 0 Å². The van der Waals surface area contributed by atoms with E-state index in [2.05, 4.69) is 47.2 Å². The fourth-order valence-corrected chi connectivity index (χ4v) is 5.75. The number of methoxy groups -OCH3 is 1. The molecule has 1 N–H and O–H groups in total. The molecule has 0 radical (unpaired) electrons. The predicted molar refractivity (Wildman–Crippen MR) is 133 cm³/mol. The molecule has 1 aliphatic carbocycles. The summed E-state index contributed by atoms with van der Waals surface area (Å²) in [5, 5.41) is 4.87. The molecule has 1 saturated carbocycles. The standard InChI is InChI=1S/C27H31N5O3/c1-15(2)26-29-27(35-30-26)24-20-8-18(20)13-31-22-5-4-19(33-3)10-21(22)25-17(9-23(24)31)11-28-32(25)12-16-6-7-34-14-16/h4-5,10-11,13,15-16,20,26,30H,6-9,12,14H2,1-3H3. The smallest absolute Gasteiger partial charge is 0.240 e. The molecule has 1 saturated heterocycles. The van der Waals surface area contributed by atoms with E-state index in [9.17, 15) is 0 Å². The van der Waals surface area contributed by atoms with E-state index in [4.69, 9.17) is 24.4 Å². The average molecular weight is 474 g/mol. The normalized spacial score (nSPS) is 26.4. The summed E-state index contributed by atoms with van der Waals surface area (Å²) in [5.41, 5.74) is 11.7. The number of hydroxylamine groups is 1. The highest BCUT2D eigenvalue weighted by Crippen LogP contribution is 2.53. The minimum absolute atomic E-state index is 0.0195. The molecule has 1 aromatic carbocycles. The maximum absolute atomic E-state index is 5.99. The SMILES string of the molecule is COc1ccc2c(c1)-c1c(cnn1CC1CCOC1)CC1=C(C3=NC(C(C)C)NO3)C3CC3=CN12. The number of allylic oxidation sites excluding steroid dienone is 2. The first-order chi connectivity index (χ1) is 17.1. The van der Waals surface area contributed by atoms with E-state index >= 15 is 0 Å². The Balaban J connectivity index is 1.40. The van der Waals surface area contributed by atoms with Crippen molar-refractivity contribution in [3.05, 3.63) is 53.0 Å². The van der Waals surface area contributed by atoms with Crippen molar-refractivity contribution in [3.63, 3.8) is 0 Å². The molecule has 8 nitrogen and oxygen atoms in total. The second kappa shape index (κ2) is 7.96. The number of aromatic nitrogens is 2. The monoisotopic (exact) mass is 473 g/mol. The van der Waals surface area contributed by atoms with Gasteiger partial charge in [0.05, 0.1) is 31.3 Å². The van der Waals surface area contributed by atoms with Crippen molar-refractivity contribution < 1.29 is 14.3 Å². The van der Waals surface area contributed by atoms with Gasteiger partial charge in [-0.1, -0.05) is 13.8 Å². The number of benzene rings is 1. The summed E-state index contributed by atoms with van der Waals surface area (Å²) in [7, 11) is 1.72. The lowest BCUT2D eigenvalue weighted by atomic mass is 10.00. The van der Waals surface area contributed by atoms with Crippen molar-refractivity contribution in [2.75, 3.05) is 25.2 Å². The van der Waals surface area contributed by atoms with Crippen LogP contribution in [0.5, 0.6) is 5.75 Å². The van der Waals surface area contributed by atoms with E-state index in [0.717, 1.165) is 61.9 Å². The van der Waals surface area contributed by atoms with E-state index < -0.39 is 0 Å². The lowest BCUT2D eigenvalue weighted by Gasteiger charge is -2.29. The number of anilines is 1. The Morgan fingerprint density at radius 3 is 2.97 bits per heavy atom. The zero-order valence-electron chi connectivity index (χ0n) is 20.5. The van der Waals surface area contributed by atoms with Crippen LogP contribution in [-0.2, 0) is 22.5 Å². The van der Waals surface area contributed by atoms with E-state index in [0.29, 0.717) is 17.8 Å². The van der Waals surface area contributed by atoms with E-state index in [-0.39, 0.29) is 6.17 Å². The average Bonchev–Trinajstić information content (AvgIpc) is 3.22. The van der Waals surface area contributed by atoms with Gasteiger partial charge < -0.3 is 19.2 Å². The number of hydrogen-bond acceptors (Lipinski definition) is 7. The molecule has 1 aromatic heterocycles.